The summed E-state index contributed by atoms with van der Waals surface area (Å²) in [5, 5.41) is 10.5. The van der Waals surface area contributed by atoms with Gasteiger partial charge in [0, 0.05) is 22.6 Å². The van der Waals surface area contributed by atoms with Crippen molar-refractivity contribution in [2.75, 3.05) is 5.75 Å². The second kappa shape index (κ2) is 5.25. The number of carbonyl (C=O) groups excluding carboxylic acids is 1. The molecular weight excluding hydrogens is 218 g/mol. The van der Waals surface area contributed by atoms with Crippen LogP contribution in [0.25, 0.3) is 0 Å². The highest BCUT2D eigenvalue weighted by Gasteiger charge is 2.27. The molecule has 1 aliphatic carbocycles. The number of hydrogen-bond acceptors (Lipinski definition) is 3. The Morgan fingerprint density at radius 3 is 2.60 bits per heavy atom. The molecule has 1 fully saturated rings. The predicted octanol–water partition coefficient (Wildman–Crippen LogP) is -0.123. The van der Waals surface area contributed by atoms with Gasteiger partial charge in [0.15, 0.2) is 0 Å². The molecule has 15 heavy (non-hydrogen) atoms. The van der Waals surface area contributed by atoms with Gasteiger partial charge >= 0.3 is 5.97 Å². The van der Waals surface area contributed by atoms with Crippen molar-refractivity contribution in [2.24, 2.45) is 0 Å². The van der Waals surface area contributed by atoms with Gasteiger partial charge in [0.2, 0.25) is 5.91 Å². The number of amides is 1. The van der Waals surface area contributed by atoms with Crippen LogP contribution in [0.3, 0.4) is 0 Å². The first kappa shape index (κ1) is 12.2. The van der Waals surface area contributed by atoms with Gasteiger partial charge in [-0.05, 0) is 19.8 Å². The summed E-state index contributed by atoms with van der Waals surface area (Å²) in [5.41, 5.74) is 0. The van der Waals surface area contributed by atoms with E-state index in [0.29, 0.717) is 0 Å². The van der Waals surface area contributed by atoms with Crippen LogP contribution >= 0.6 is 0 Å². The number of aliphatic carboxylic acids is 1. The van der Waals surface area contributed by atoms with Crippen LogP contribution in [0.2, 0.25) is 0 Å². The molecule has 5 nitrogen and oxygen atoms in total. The van der Waals surface area contributed by atoms with Crippen LogP contribution in [0.1, 0.15) is 26.2 Å². The van der Waals surface area contributed by atoms with Gasteiger partial charge in [0.05, 0.1) is 6.42 Å². The maximum absolute atomic E-state index is 11.5. The van der Waals surface area contributed by atoms with Gasteiger partial charge in [0.1, 0.15) is 5.25 Å². The van der Waals surface area contributed by atoms with E-state index in [0.717, 1.165) is 12.8 Å². The summed E-state index contributed by atoms with van der Waals surface area (Å²) in [6, 6.07) is 0.247. The van der Waals surface area contributed by atoms with Gasteiger partial charge < -0.3 is 10.4 Å². The molecule has 2 atom stereocenters. The molecule has 0 radical (unpaired) electrons. The van der Waals surface area contributed by atoms with Crippen molar-refractivity contribution in [3.05, 3.63) is 0 Å². The van der Waals surface area contributed by atoms with E-state index in [1.54, 1.807) is 6.92 Å². The van der Waals surface area contributed by atoms with Gasteiger partial charge in [-0.15, -0.1) is 0 Å². The lowest BCUT2D eigenvalue weighted by molar-refractivity contribution is -0.136. The molecule has 86 valence electrons. The van der Waals surface area contributed by atoms with Crippen LogP contribution in [0.5, 0.6) is 0 Å². The summed E-state index contributed by atoms with van der Waals surface area (Å²) >= 11 is 0. The first-order valence-corrected chi connectivity index (χ1v) is 6.28. The number of nitrogens with one attached hydrogen (secondary N) is 1. The van der Waals surface area contributed by atoms with Crippen molar-refractivity contribution < 1.29 is 18.9 Å². The highest BCUT2D eigenvalue weighted by Crippen LogP contribution is 2.19. The SMILES string of the molecule is CC(C(=O)NC1CC1)S(=O)CCC(=O)O. The van der Waals surface area contributed by atoms with Crippen LogP contribution in [-0.4, -0.2) is 38.2 Å². The van der Waals surface area contributed by atoms with Gasteiger partial charge in [-0.1, -0.05) is 0 Å². The Morgan fingerprint density at radius 2 is 2.13 bits per heavy atom. The Labute approximate surface area is 90.7 Å². The molecule has 0 bridgehead atoms. The fourth-order valence-corrected chi connectivity index (χ4v) is 2.07. The van der Waals surface area contributed by atoms with Crippen molar-refractivity contribution in [1.29, 1.82) is 0 Å². The topological polar surface area (TPSA) is 83.5 Å². The standard InChI is InChI=1S/C9H15NO4S/c1-6(9(13)10-7-2-3-7)15(14)5-4-8(11)12/h6-7H,2-5H2,1H3,(H,10,13)(H,11,12). The van der Waals surface area contributed by atoms with E-state index in [1.807, 2.05) is 0 Å². The van der Waals surface area contributed by atoms with Crippen molar-refractivity contribution in [3.8, 4) is 0 Å². The first-order valence-electron chi connectivity index (χ1n) is 4.90. The van der Waals surface area contributed by atoms with Crippen molar-refractivity contribution in [3.63, 3.8) is 0 Å². The van der Waals surface area contributed by atoms with Crippen LogP contribution in [0, 0.1) is 0 Å². The van der Waals surface area contributed by atoms with E-state index in [-0.39, 0.29) is 24.1 Å². The molecule has 1 aliphatic rings. The zero-order valence-electron chi connectivity index (χ0n) is 8.56. The van der Waals surface area contributed by atoms with Crippen molar-refractivity contribution in [1.82, 2.24) is 5.32 Å². The van der Waals surface area contributed by atoms with Gasteiger partial charge in [-0.3, -0.25) is 13.8 Å². The molecule has 2 unspecified atom stereocenters. The third kappa shape index (κ3) is 4.42. The third-order valence-corrected chi connectivity index (χ3v) is 3.81. The number of rotatable bonds is 6. The third-order valence-electron chi connectivity index (χ3n) is 2.20. The molecule has 6 heteroatoms. The lowest BCUT2D eigenvalue weighted by Crippen LogP contribution is -2.37. The number of carboxylic acids is 1. The predicted molar refractivity (Wildman–Crippen MR) is 55.9 cm³/mol. The summed E-state index contributed by atoms with van der Waals surface area (Å²) in [6.07, 6.45) is 1.81. The van der Waals surface area contributed by atoms with Crippen LogP contribution in [0.15, 0.2) is 0 Å². The maximum atomic E-state index is 11.5. The van der Waals surface area contributed by atoms with Crippen LogP contribution < -0.4 is 5.32 Å². The average Bonchev–Trinajstić information content (AvgIpc) is 2.96. The maximum Gasteiger partial charge on any atom is 0.304 e. The molecule has 0 aromatic heterocycles. The zero-order valence-corrected chi connectivity index (χ0v) is 9.38. The molecule has 0 heterocycles. The highest BCUT2D eigenvalue weighted by atomic mass is 32.2. The molecule has 1 saturated carbocycles. The van der Waals surface area contributed by atoms with Crippen molar-refractivity contribution in [2.45, 2.75) is 37.5 Å². The summed E-state index contributed by atoms with van der Waals surface area (Å²) in [4.78, 5) is 21.7. The van der Waals surface area contributed by atoms with E-state index in [2.05, 4.69) is 5.32 Å². The summed E-state index contributed by atoms with van der Waals surface area (Å²) in [5.74, 6) is -1.19. The highest BCUT2D eigenvalue weighted by molar-refractivity contribution is 7.86. The summed E-state index contributed by atoms with van der Waals surface area (Å²) in [6.45, 7) is 1.57. The molecule has 2 N–H and O–H groups in total. The molecule has 0 aromatic rings. The molecule has 0 saturated heterocycles. The Bertz CT molecular complexity index is 288. The molecule has 0 aliphatic heterocycles. The Balaban J connectivity index is 2.29. The minimum absolute atomic E-state index is 0.0363. The number of carbonyl (C=O) groups is 2. The van der Waals surface area contributed by atoms with E-state index in [1.165, 1.54) is 0 Å². The van der Waals surface area contributed by atoms with Crippen molar-refractivity contribution >= 4 is 22.7 Å². The second-order valence-corrected chi connectivity index (χ2v) is 5.53. The number of carboxylic acid groups (broad SMARTS) is 1. The fourth-order valence-electron chi connectivity index (χ4n) is 1.03. The largest absolute Gasteiger partial charge is 0.481 e. The molecular formula is C9H15NO4S. The van der Waals surface area contributed by atoms with E-state index < -0.39 is 22.0 Å². The first-order chi connectivity index (χ1) is 7.00. The average molecular weight is 233 g/mol. The Hall–Kier alpha value is -0.910. The lowest BCUT2D eigenvalue weighted by Gasteiger charge is -2.10. The smallest absolute Gasteiger partial charge is 0.304 e. The molecule has 0 spiro atoms. The molecule has 0 aromatic carbocycles. The monoisotopic (exact) mass is 233 g/mol. The van der Waals surface area contributed by atoms with Gasteiger partial charge in [0.25, 0.3) is 0 Å². The summed E-state index contributed by atoms with van der Waals surface area (Å²) in [7, 11) is -1.40. The Kier molecular flexibility index (Phi) is 4.26. The molecule has 1 rings (SSSR count). The summed E-state index contributed by atoms with van der Waals surface area (Å²) < 4.78 is 11.5. The van der Waals surface area contributed by atoms with E-state index in [9.17, 15) is 13.8 Å². The van der Waals surface area contributed by atoms with E-state index >= 15 is 0 Å². The van der Waals surface area contributed by atoms with Gasteiger partial charge in [-0.25, -0.2) is 0 Å². The normalized spacial score (nSPS) is 19.3. The molecule has 1 amide bonds. The van der Waals surface area contributed by atoms with Gasteiger partial charge in [-0.2, -0.15) is 0 Å². The fraction of sp³-hybridized carbons (Fsp3) is 0.778. The minimum atomic E-state index is -1.40. The second-order valence-electron chi connectivity index (χ2n) is 3.65. The lowest BCUT2D eigenvalue weighted by atomic mass is 10.4. The number of hydrogen-bond donors (Lipinski definition) is 2. The van der Waals surface area contributed by atoms with Crippen LogP contribution in [-0.2, 0) is 20.4 Å². The quantitative estimate of drug-likeness (QED) is 0.669. The Morgan fingerprint density at radius 1 is 1.53 bits per heavy atom. The van der Waals surface area contributed by atoms with E-state index in [4.69, 9.17) is 5.11 Å². The minimum Gasteiger partial charge on any atom is -0.481 e. The zero-order chi connectivity index (χ0) is 11.4. The van der Waals surface area contributed by atoms with Crippen LogP contribution in [0.4, 0.5) is 0 Å².